The van der Waals surface area contributed by atoms with Gasteiger partial charge in [0.05, 0.1) is 18.2 Å². The summed E-state index contributed by atoms with van der Waals surface area (Å²) in [6.07, 6.45) is 2.23. The summed E-state index contributed by atoms with van der Waals surface area (Å²) in [5.41, 5.74) is -1.38. The molecule has 184 valence electrons. The molecule has 0 radical (unpaired) electrons. The van der Waals surface area contributed by atoms with Crippen LogP contribution in [0.25, 0.3) is 10.6 Å². The molecular formula is C22H20F3N5O4S. The van der Waals surface area contributed by atoms with Crippen LogP contribution in [0.1, 0.15) is 33.9 Å². The maximum Gasteiger partial charge on any atom is 0.277 e. The van der Waals surface area contributed by atoms with Crippen LogP contribution in [0, 0.1) is 17.5 Å². The van der Waals surface area contributed by atoms with E-state index in [1.807, 2.05) is 5.01 Å². The fourth-order valence-electron chi connectivity index (χ4n) is 4.64. The van der Waals surface area contributed by atoms with Crippen LogP contribution in [-0.2, 0) is 11.2 Å². The number of carbonyl (C=O) groups is 1. The van der Waals surface area contributed by atoms with E-state index in [-0.39, 0.29) is 45.5 Å². The molecular weight excluding hydrogens is 487 g/mol. The number of hydrogen-bond acceptors (Lipinski definition) is 8. The molecule has 2 aromatic heterocycles. The highest BCUT2D eigenvalue weighted by Crippen LogP contribution is 2.34. The Labute approximate surface area is 201 Å². The molecule has 1 aromatic carbocycles. The summed E-state index contributed by atoms with van der Waals surface area (Å²) in [6.45, 7) is 0.373. The average molecular weight is 507 g/mol. The monoisotopic (exact) mass is 507 g/mol. The van der Waals surface area contributed by atoms with Crippen molar-refractivity contribution in [3.05, 3.63) is 62.3 Å². The molecule has 0 bridgehead atoms. The minimum absolute atomic E-state index is 0.0192. The fourth-order valence-corrected chi connectivity index (χ4v) is 5.50. The molecule has 2 atom stereocenters. The lowest BCUT2D eigenvalue weighted by molar-refractivity contribution is 0.0636. The molecule has 1 amide bonds. The first-order valence-electron chi connectivity index (χ1n) is 10.7. The quantitative estimate of drug-likeness (QED) is 0.565. The number of rotatable bonds is 5. The summed E-state index contributed by atoms with van der Waals surface area (Å²) >= 11 is 0.901. The Morgan fingerprint density at radius 1 is 1.17 bits per heavy atom. The van der Waals surface area contributed by atoms with E-state index in [4.69, 9.17) is 4.74 Å². The maximum atomic E-state index is 14.1. The topological polar surface area (TPSA) is 101 Å². The Balaban J connectivity index is 1.57. The van der Waals surface area contributed by atoms with Crippen molar-refractivity contribution in [1.29, 1.82) is 0 Å². The van der Waals surface area contributed by atoms with Gasteiger partial charge in [0.2, 0.25) is 5.43 Å². The van der Waals surface area contributed by atoms with Crippen LogP contribution < -0.4 is 10.4 Å². The number of aromatic nitrogens is 3. The SMILES string of the molecule is COC[C@@H]1CC[C@H]2N(C)C(=O)c3c(O)c(=O)c(-c4nnc(Cc5c(F)cc(F)cc5F)s4)cn3N12. The van der Waals surface area contributed by atoms with Gasteiger partial charge in [-0.05, 0) is 12.8 Å². The van der Waals surface area contributed by atoms with Gasteiger partial charge in [-0.1, -0.05) is 11.3 Å². The largest absolute Gasteiger partial charge is 0.502 e. The number of carbonyl (C=O) groups excluding carboxylic acids is 1. The van der Waals surface area contributed by atoms with Crippen LogP contribution in [0.2, 0.25) is 0 Å². The second-order valence-electron chi connectivity index (χ2n) is 8.40. The van der Waals surface area contributed by atoms with Crippen molar-refractivity contribution in [2.45, 2.75) is 31.5 Å². The lowest BCUT2D eigenvalue weighted by Crippen LogP contribution is -2.60. The first-order valence-corrected chi connectivity index (χ1v) is 11.5. The second kappa shape index (κ2) is 8.64. The Kier molecular flexibility index (Phi) is 5.75. The van der Waals surface area contributed by atoms with E-state index < -0.39 is 34.5 Å². The molecule has 2 aliphatic heterocycles. The standard InChI is InChI=1S/C22H20F3N5O4S/c1-28-17-4-3-11(9-34-2)30(17)29-8-13(19(31)20(32)18(29)22(28)33)21-27-26-16(35-21)7-12-14(24)5-10(23)6-15(12)25/h5-6,8,11,17,32H,3-4,7,9H2,1-2H3/t11-,17-/m0/s1. The Hall–Kier alpha value is -3.45. The summed E-state index contributed by atoms with van der Waals surface area (Å²) in [5, 5.41) is 20.8. The number of hydrogen-bond donors (Lipinski definition) is 1. The van der Waals surface area contributed by atoms with Gasteiger partial charge < -0.3 is 14.7 Å². The first-order chi connectivity index (χ1) is 16.7. The molecule has 4 heterocycles. The molecule has 1 N–H and O–H groups in total. The molecule has 2 aliphatic rings. The fraction of sp³-hybridized carbons (Fsp3) is 0.364. The van der Waals surface area contributed by atoms with Crippen LogP contribution in [0.5, 0.6) is 5.75 Å². The normalized spacial score (nSPS) is 19.3. The minimum Gasteiger partial charge on any atom is -0.502 e. The number of pyridine rings is 1. The van der Waals surface area contributed by atoms with Crippen LogP contribution in [0.15, 0.2) is 23.1 Å². The third kappa shape index (κ3) is 3.74. The van der Waals surface area contributed by atoms with E-state index in [9.17, 15) is 27.9 Å². The highest BCUT2D eigenvalue weighted by molar-refractivity contribution is 7.14. The Morgan fingerprint density at radius 2 is 1.89 bits per heavy atom. The van der Waals surface area contributed by atoms with Crippen molar-refractivity contribution >= 4 is 17.2 Å². The molecule has 1 saturated heterocycles. The number of nitrogens with zero attached hydrogens (tertiary/aromatic N) is 5. The van der Waals surface area contributed by atoms with Crippen molar-refractivity contribution in [1.82, 2.24) is 19.8 Å². The Bertz CT molecular complexity index is 1370. The molecule has 5 rings (SSSR count). The van der Waals surface area contributed by atoms with Gasteiger partial charge in [-0.15, -0.1) is 10.2 Å². The smallest absolute Gasteiger partial charge is 0.277 e. The highest BCUT2D eigenvalue weighted by atomic mass is 32.1. The third-order valence-electron chi connectivity index (χ3n) is 6.31. The van der Waals surface area contributed by atoms with Crippen LogP contribution in [0.3, 0.4) is 0 Å². The van der Waals surface area contributed by atoms with Crippen molar-refractivity contribution in [2.75, 3.05) is 25.8 Å². The highest BCUT2D eigenvalue weighted by Gasteiger charge is 2.45. The van der Waals surface area contributed by atoms with E-state index in [0.29, 0.717) is 25.2 Å². The van der Waals surface area contributed by atoms with Crippen molar-refractivity contribution < 1.29 is 27.8 Å². The van der Waals surface area contributed by atoms with E-state index in [1.54, 1.807) is 14.2 Å². The molecule has 1 fully saturated rings. The summed E-state index contributed by atoms with van der Waals surface area (Å²) < 4.78 is 48.1. The van der Waals surface area contributed by atoms with E-state index in [1.165, 1.54) is 15.8 Å². The molecule has 9 nitrogen and oxygen atoms in total. The van der Waals surface area contributed by atoms with Gasteiger partial charge in [0.25, 0.3) is 5.91 Å². The van der Waals surface area contributed by atoms with Gasteiger partial charge in [-0.3, -0.25) is 19.3 Å². The predicted octanol–water partition coefficient (Wildman–Crippen LogP) is 2.24. The number of benzene rings is 1. The molecule has 0 unspecified atom stereocenters. The predicted molar refractivity (Wildman–Crippen MR) is 119 cm³/mol. The van der Waals surface area contributed by atoms with Crippen LogP contribution in [-0.4, -0.2) is 63.8 Å². The lowest BCUT2D eigenvalue weighted by Gasteiger charge is -2.43. The summed E-state index contributed by atoms with van der Waals surface area (Å²) in [7, 11) is 3.18. The van der Waals surface area contributed by atoms with Crippen LogP contribution in [0.4, 0.5) is 13.2 Å². The first kappa shape index (κ1) is 23.3. The van der Waals surface area contributed by atoms with Crippen molar-refractivity contribution in [3.63, 3.8) is 0 Å². The zero-order valence-corrected chi connectivity index (χ0v) is 19.5. The number of methoxy groups -OCH3 is 1. The molecule has 0 spiro atoms. The second-order valence-corrected chi connectivity index (χ2v) is 9.46. The zero-order chi connectivity index (χ0) is 25.0. The van der Waals surface area contributed by atoms with Gasteiger partial charge in [0.15, 0.2) is 16.5 Å². The molecule has 13 heteroatoms. The number of fused-ring (bicyclic) bond motifs is 3. The van der Waals surface area contributed by atoms with E-state index in [2.05, 4.69) is 10.2 Å². The summed E-state index contributed by atoms with van der Waals surface area (Å²) in [5.74, 6) is -4.37. The van der Waals surface area contributed by atoms with Crippen molar-refractivity contribution in [2.24, 2.45) is 0 Å². The van der Waals surface area contributed by atoms with Crippen molar-refractivity contribution in [3.8, 4) is 16.3 Å². The third-order valence-corrected chi connectivity index (χ3v) is 7.27. The zero-order valence-electron chi connectivity index (χ0n) is 18.7. The molecule has 35 heavy (non-hydrogen) atoms. The summed E-state index contributed by atoms with van der Waals surface area (Å²) in [4.78, 5) is 27.5. The average Bonchev–Trinajstić information content (AvgIpc) is 3.44. The molecule has 0 saturated carbocycles. The number of amides is 1. The molecule has 0 aliphatic carbocycles. The minimum atomic E-state index is -1.06. The number of aromatic hydroxyl groups is 1. The summed E-state index contributed by atoms with van der Waals surface area (Å²) in [6, 6.07) is 1.04. The Morgan fingerprint density at radius 3 is 2.57 bits per heavy atom. The van der Waals surface area contributed by atoms with E-state index in [0.717, 1.165) is 17.8 Å². The lowest BCUT2D eigenvalue weighted by atomic mass is 10.1. The van der Waals surface area contributed by atoms with Gasteiger partial charge in [-0.25, -0.2) is 13.2 Å². The molecule has 3 aromatic rings. The van der Waals surface area contributed by atoms with Gasteiger partial charge in [0, 0.05) is 44.5 Å². The van der Waals surface area contributed by atoms with Gasteiger partial charge >= 0.3 is 0 Å². The number of halogens is 3. The number of ether oxygens (including phenoxy) is 1. The van der Waals surface area contributed by atoms with Crippen LogP contribution >= 0.6 is 11.3 Å². The maximum absolute atomic E-state index is 14.1. The van der Waals surface area contributed by atoms with E-state index >= 15 is 0 Å². The van der Waals surface area contributed by atoms with Gasteiger partial charge in [0.1, 0.15) is 28.6 Å². The van der Waals surface area contributed by atoms with Gasteiger partial charge in [-0.2, -0.15) is 0 Å².